The highest BCUT2D eigenvalue weighted by atomic mass is 16.3. The van der Waals surface area contributed by atoms with Crippen molar-refractivity contribution in [2.45, 2.75) is 0 Å². The lowest BCUT2D eigenvalue weighted by atomic mass is 10.00. The number of carbonyl (C=O) groups is 1. The van der Waals surface area contributed by atoms with Gasteiger partial charge in [-0.15, -0.1) is 0 Å². The minimum absolute atomic E-state index is 0.00346. The average Bonchev–Trinajstić information content (AvgIpc) is 2.60. The molecule has 0 aromatic heterocycles. The molecule has 112 valence electrons. The summed E-state index contributed by atoms with van der Waals surface area (Å²) in [4.78, 5) is 13.4. The van der Waals surface area contributed by atoms with Crippen LogP contribution in [0.2, 0.25) is 0 Å². The molecule has 0 spiro atoms. The molecule has 0 unspecified atom stereocenters. The van der Waals surface area contributed by atoms with E-state index < -0.39 is 0 Å². The molecule has 1 aliphatic heterocycles. The summed E-state index contributed by atoms with van der Waals surface area (Å²) in [5.41, 5.74) is 3.75. The highest BCUT2D eigenvalue weighted by Crippen LogP contribution is 2.31. The van der Waals surface area contributed by atoms with Crippen molar-refractivity contribution >= 4 is 28.5 Å². The number of fused-ring (bicyclic) bond motifs is 2. The van der Waals surface area contributed by atoms with Crippen LogP contribution < -0.4 is 15.3 Å². The molecular formula is C20H15NO2. The molecule has 2 aromatic carbocycles. The van der Waals surface area contributed by atoms with Crippen molar-refractivity contribution in [3.05, 3.63) is 82.8 Å². The predicted octanol–water partition coefficient (Wildman–Crippen LogP) is 2.33. The van der Waals surface area contributed by atoms with Gasteiger partial charge in [-0.1, -0.05) is 30.4 Å². The standard InChI is InChI=1S/C20H15NO2/c1-21-18-5-3-2-4-16(18)20(23)17-11-8-14(12-19(17)21)13-6-9-15(22)10-7-13/h2-12,23H,1H3. The van der Waals surface area contributed by atoms with E-state index in [4.69, 9.17) is 0 Å². The Balaban J connectivity index is 2.00. The molecular weight excluding hydrogens is 286 g/mol. The number of ketones is 1. The maximum Gasteiger partial charge on any atom is 0.178 e. The van der Waals surface area contributed by atoms with Gasteiger partial charge in [-0.2, -0.15) is 0 Å². The summed E-state index contributed by atoms with van der Waals surface area (Å²) in [5.74, 6) is 0.305. The first-order chi connectivity index (χ1) is 11.1. The van der Waals surface area contributed by atoms with Crippen LogP contribution in [0, 0.1) is 0 Å². The second-order valence-corrected chi connectivity index (χ2v) is 5.68. The third-order valence-corrected chi connectivity index (χ3v) is 4.32. The normalized spacial score (nSPS) is 15.7. The van der Waals surface area contributed by atoms with E-state index in [-0.39, 0.29) is 5.78 Å². The molecule has 0 radical (unpaired) electrons. The van der Waals surface area contributed by atoms with Crippen molar-refractivity contribution in [1.82, 2.24) is 0 Å². The fourth-order valence-electron chi connectivity index (χ4n) is 3.08. The van der Waals surface area contributed by atoms with Crippen molar-refractivity contribution in [1.29, 1.82) is 0 Å². The van der Waals surface area contributed by atoms with Gasteiger partial charge in [-0.25, -0.2) is 0 Å². The lowest BCUT2D eigenvalue weighted by molar-refractivity contribution is -0.110. The van der Waals surface area contributed by atoms with Crippen LogP contribution in [-0.2, 0) is 4.79 Å². The predicted molar refractivity (Wildman–Crippen MR) is 92.0 cm³/mol. The Labute approximate surface area is 133 Å². The molecule has 2 aliphatic rings. The van der Waals surface area contributed by atoms with E-state index in [1.165, 1.54) is 0 Å². The van der Waals surface area contributed by atoms with Crippen molar-refractivity contribution < 1.29 is 9.90 Å². The smallest absolute Gasteiger partial charge is 0.178 e. The number of anilines is 2. The van der Waals surface area contributed by atoms with Crippen LogP contribution >= 0.6 is 0 Å². The van der Waals surface area contributed by atoms with E-state index >= 15 is 0 Å². The van der Waals surface area contributed by atoms with Crippen LogP contribution in [-0.4, -0.2) is 17.9 Å². The SMILES string of the molecule is CN1c2ccccc2C(O)=c2ccc(=C3C=CC(=O)C=C3)cc21. The molecule has 3 heteroatoms. The molecule has 1 heterocycles. The Bertz CT molecular complexity index is 994. The van der Waals surface area contributed by atoms with Gasteiger partial charge in [-0.05, 0) is 47.2 Å². The lowest BCUT2D eigenvalue weighted by Crippen LogP contribution is -2.28. The number of aliphatic hydroxyl groups excluding tert-OH is 1. The van der Waals surface area contributed by atoms with Gasteiger partial charge in [-0.3, -0.25) is 4.79 Å². The Hall–Kier alpha value is -3.07. The fourth-order valence-corrected chi connectivity index (χ4v) is 3.08. The van der Waals surface area contributed by atoms with Gasteiger partial charge in [0.05, 0.1) is 11.4 Å². The van der Waals surface area contributed by atoms with Gasteiger partial charge in [0.15, 0.2) is 5.78 Å². The number of rotatable bonds is 0. The monoisotopic (exact) mass is 301 g/mol. The Morgan fingerprint density at radius 3 is 2.43 bits per heavy atom. The van der Waals surface area contributed by atoms with Crippen LogP contribution in [0.5, 0.6) is 0 Å². The summed E-state index contributed by atoms with van der Waals surface area (Å²) >= 11 is 0. The van der Waals surface area contributed by atoms with E-state index in [9.17, 15) is 9.90 Å². The van der Waals surface area contributed by atoms with Gasteiger partial charge < -0.3 is 10.0 Å². The topological polar surface area (TPSA) is 40.5 Å². The number of hydrogen-bond donors (Lipinski definition) is 1. The zero-order valence-electron chi connectivity index (χ0n) is 12.7. The summed E-state index contributed by atoms with van der Waals surface area (Å²) in [6.07, 6.45) is 6.78. The highest BCUT2D eigenvalue weighted by Gasteiger charge is 2.19. The van der Waals surface area contributed by atoms with E-state index in [2.05, 4.69) is 4.90 Å². The maximum absolute atomic E-state index is 11.3. The summed E-state index contributed by atoms with van der Waals surface area (Å²) in [6.45, 7) is 0. The Morgan fingerprint density at radius 2 is 1.65 bits per heavy atom. The van der Waals surface area contributed by atoms with Gasteiger partial charge in [0.25, 0.3) is 0 Å². The highest BCUT2D eigenvalue weighted by molar-refractivity contribution is 6.04. The van der Waals surface area contributed by atoms with Crippen LogP contribution in [0.4, 0.5) is 11.4 Å². The third-order valence-electron chi connectivity index (χ3n) is 4.32. The van der Waals surface area contributed by atoms with E-state index in [0.29, 0.717) is 5.76 Å². The first-order valence-corrected chi connectivity index (χ1v) is 7.46. The van der Waals surface area contributed by atoms with E-state index in [0.717, 1.165) is 32.9 Å². The number of para-hydroxylation sites is 1. The van der Waals surface area contributed by atoms with Crippen molar-refractivity contribution in [3.8, 4) is 0 Å². The Kier molecular flexibility index (Phi) is 2.95. The number of allylic oxidation sites excluding steroid dienone is 4. The van der Waals surface area contributed by atoms with Crippen molar-refractivity contribution in [2.75, 3.05) is 11.9 Å². The zero-order valence-corrected chi connectivity index (χ0v) is 12.7. The number of nitrogens with zero attached hydrogens (tertiary/aromatic N) is 1. The van der Waals surface area contributed by atoms with Crippen LogP contribution in [0.3, 0.4) is 0 Å². The second-order valence-electron chi connectivity index (χ2n) is 5.68. The largest absolute Gasteiger partial charge is 0.507 e. The minimum Gasteiger partial charge on any atom is -0.507 e. The lowest BCUT2D eigenvalue weighted by Gasteiger charge is -2.27. The molecule has 4 rings (SSSR count). The summed E-state index contributed by atoms with van der Waals surface area (Å²) < 4.78 is 0. The minimum atomic E-state index is 0.00346. The van der Waals surface area contributed by atoms with Crippen LogP contribution in [0.15, 0.2) is 66.8 Å². The van der Waals surface area contributed by atoms with Gasteiger partial charge in [0, 0.05) is 17.8 Å². The summed E-state index contributed by atoms with van der Waals surface area (Å²) in [7, 11) is 1.99. The van der Waals surface area contributed by atoms with Crippen LogP contribution in [0.25, 0.3) is 11.3 Å². The molecule has 1 N–H and O–H groups in total. The quantitative estimate of drug-likeness (QED) is 0.812. The molecule has 0 saturated heterocycles. The van der Waals surface area contributed by atoms with Gasteiger partial charge >= 0.3 is 0 Å². The fraction of sp³-hybridized carbons (Fsp3) is 0.0500. The molecule has 0 fully saturated rings. The zero-order chi connectivity index (χ0) is 16.0. The number of carbonyl (C=O) groups excluding carboxylic acids is 1. The number of hydrogen-bond acceptors (Lipinski definition) is 3. The summed E-state index contributed by atoms with van der Waals surface area (Å²) in [6, 6.07) is 13.7. The second kappa shape index (κ2) is 4.99. The molecule has 0 amide bonds. The first kappa shape index (κ1) is 13.6. The molecule has 2 aromatic rings. The molecule has 0 saturated carbocycles. The molecule has 0 bridgehead atoms. The first-order valence-electron chi connectivity index (χ1n) is 7.46. The number of benzene rings is 2. The van der Waals surface area contributed by atoms with Crippen molar-refractivity contribution in [2.24, 2.45) is 0 Å². The van der Waals surface area contributed by atoms with E-state index in [1.807, 2.05) is 61.7 Å². The summed E-state index contributed by atoms with van der Waals surface area (Å²) in [5, 5.41) is 12.4. The van der Waals surface area contributed by atoms with Crippen LogP contribution in [0.1, 0.15) is 5.56 Å². The van der Waals surface area contributed by atoms with Gasteiger partial charge in [0.1, 0.15) is 5.76 Å². The maximum atomic E-state index is 11.3. The molecule has 3 nitrogen and oxygen atoms in total. The molecule has 0 atom stereocenters. The Morgan fingerprint density at radius 1 is 0.913 bits per heavy atom. The number of aliphatic hydroxyl groups is 1. The molecule has 1 aliphatic carbocycles. The van der Waals surface area contributed by atoms with Crippen molar-refractivity contribution in [3.63, 3.8) is 0 Å². The van der Waals surface area contributed by atoms with E-state index in [1.54, 1.807) is 12.2 Å². The molecule has 23 heavy (non-hydrogen) atoms. The van der Waals surface area contributed by atoms with Gasteiger partial charge in [0.2, 0.25) is 0 Å². The third kappa shape index (κ3) is 2.09. The average molecular weight is 301 g/mol.